The molecule has 0 bridgehead atoms. The summed E-state index contributed by atoms with van der Waals surface area (Å²) >= 11 is 1.60. The second-order valence-corrected chi connectivity index (χ2v) is 9.49. The molecule has 9 nitrogen and oxygen atoms in total. The topological polar surface area (TPSA) is 92.6 Å². The van der Waals surface area contributed by atoms with Gasteiger partial charge >= 0.3 is 0 Å². The summed E-state index contributed by atoms with van der Waals surface area (Å²) in [7, 11) is 1.98. The first-order chi connectivity index (χ1) is 18.0. The highest BCUT2D eigenvalue weighted by molar-refractivity contribution is 7.08. The molecule has 2 aromatic carbocycles. The molecule has 0 radical (unpaired) electrons. The number of amides is 2. The van der Waals surface area contributed by atoms with Crippen molar-refractivity contribution >= 4 is 34.5 Å². The Labute approximate surface area is 217 Å². The van der Waals surface area contributed by atoms with Crippen LogP contribution in [0.25, 0.3) is 0 Å². The maximum Gasteiger partial charge on any atom is 0.247 e. The highest BCUT2D eigenvalue weighted by Crippen LogP contribution is 2.29. The van der Waals surface area contributed by atoms with Crippen molar-refractivity contribution in [1.82, 2.24) is 19.7 Å². The number of likely N-dealkylation sites (N-methyl/N-ethyl adjacent to an activating group) is 1. The molecule has 3 heterocycles. The fourth-order valence-electron chi connectivity index (χ4n) is 4.30. The molecule has 2 aromatic heterocycles. The molecule has 2 unspecified atom stereocenters. The third kappa shape index (κ3) is 5.78. The molecule has 0 spiro atoms. The minimum Gasteiger partial charge on any atom is -0.457 e. The lowest BCUT2D eigenvalue weighted by Crippen LogP contribution is -2.44. The lowest BCUT2D eigenvalue weighted by atomic mass is 10.1. The molecule has 1 saturated heterocycles. The quantitative estimate of drug-likeness (QED) is 0.377. The molecular formula is C26H25FN6O3S. The average Bonchev–Trinajstić information content (AvgIpc) is 3.68. The third-order valence-corrected chi connectivity index (χ3v) is 6.97. The number of aromatic nitrogens is 3. The van der Waals surface area contributed by atoms with Gasteiger partial charge in [-0.3, -0.25) is 9.59 Å². The maximum absolute atomic E-state index is 13.4. The number of benzene rings is 2. The first-order valence-corrected chi connectivity index (χ1v) is 12.6. The average molecular weight is 521 g/mol. The molecule has 11 heteroatoms. The summed E-state index contributed by atoms with van der Waals surface area (Å²) in [5.74, 6) is 0.254. The number of rotatable bonds is 8. The van der Waals surface area contributed by atoms with Crippen molar-refractivity contribution in [3.05, 3.63) is 83.8 Å². The van der Waals surface area contributed by atoms with Crippen LogP contribution in [-0.2, 0) is 16.1 Å². The van der Waals surface area contributed by atoms with Gasteiger partial charge in [-0.1, -0.05) is 0 Å². The normalized spacial score (nSPS) is 17.0. The third-order valence-electron chi connectivity index (χ3n) is 6.30. The second kappa shape index (κ2) is 10.8. The number of hydrogen-bond acceptors (Lipinski definition) is 7. The Morgan fingerprint density at radius 3 is 2.51 bits per heavy atom. The second-order valence-electron chi connectivity index (χ2n) is 8.71. The number of likely N-dealkylation sites (tertiary alicyclic amines) is 1. The van der Waals surface area contributed by atoms with Gasteiger partial charge in [0.1, 0.15) is 42.6 Å². The summed E-state index contributed by atoms with van der Waals surface area (Å²) in [5.41, 5.74) is 1.63. The van der Waals surface area contributed by atoms with Gasteiger partial charge in [-0.15, -0.1) is 0 Å². The molecule has 2 atom stereocenters. The Bertz CT molecular complexity index is 1330. The van der Waals surface area contributed by atoms with E-state index in [1.54, 1.807) is 52.6 Å². The largest absolute Gasteiger partial charge is 0.457 e. The molecule has 0 saturated carbocycles. The van der Waals surface area contributed by atoms with Crippen molar-refractivity contribution in [2.24, 2.45) is 0 Å². The SMILES string of the molecule is CN(c1ccsc1)C1CC(C(=O)Nc2ccc(Oc3ccc(F)cc3)cc2)N(C(=O)Cn2cncn2)C1. The summed E-state index contributed by atoms with van der Waals surface area (Å²) in [6.07, 6.45) is 3.35. The minimum atomic E-state index is -0.641. The summed E-state index contributed by atoms with van der Waals surface area (Å²) in [6, 6.07) is 14.0. The van der Waals surface area contributed by atoms with Crippen LogP contribution in [0.4, 0.5) is 15.8 Å². The monoisotopic (exact) mass is 520 g/mol. The molecule has 0 aliphatic carbocycles. The number of ether oxygens (including phenoxy) is 1. The summed E-state index contributed by atoms with van der Waals surface area (Å²) < 4.78 is 20.3. The van der Waals surface area contributed by atoms with Crippen LogP contribution in [0.1, 0.15) is 6.42 Å². The molecule has 4 aromatic rings. The van der Waals surface area contributed by atoms with Crippen LogP contribution in [0, 0.1) is 5.82 Å². The van der Waals surface area contributed by atoms with Gasteiger partial charge in [0.25, 0.3) is 0 Å². The molecule has 1 N–H and O–H groups in total. The smallest absolute Gasteiger partial charge is 0.247 e. The van der Waals surface area contributed by atoms with E-state index in [4.69, 9.17) is 4.74 Å². The van der Waals surface area contributed by atoms with E-state index in [9.17, 15) is 14.0 Å². The van der Waals surface area contributed by atoms with Crippen LogP contribution >= 0.6 is 11.3 Å². The zero-order valence-corrected chi connectivity index (χ0v) is 20.8. The van der Waals surface area contributed by atoms with Crippen LogP contribution in [-0.4, -0.2) is 57.2 Å². The summed E-state index contributed by atoms with van der Waals surface area (Å²) in [4.78, 5) is 34.2. The Balaban J connectivity index is 1.28. The Kier molecular flexibility index (Phi) is 7.13. The molecule has 190 valence electrons. The minimum absolute atomic E-state index is 0.00802. The molecule has 1 fully saturated rings. The van der Waals surface area contributed by atoms with E-state index in [-0.39, 0.29) is 30.2 Å². The van der Waals surface area contributed by atoms with Crippen LogP contribution in [0.15, 0.2) is 78.0 Å². The molecular weight excluding hydrogens is 495 g/mol. The number of anilines is 2. The number of carbonyl (C=O) groups is 2. The number of halogens is 1. The zero-order valence-electron chi connectivity index (χ0n) is 20.0. The fraction of sp³-hybridized carbons (Fsp3) is 0.231. The lowest BCUT2D eigenvalue weighted by molar-refractivity contribution is -0.137. The maximum atomic E-state index is 13.4. The van der Waals surface area contributed by atoms with Crippen LogP contribution in [0.5, 0.6) is 11.5 Å². The molecule has 1 aliphatic heterocycles. The first-order valence-electron chi connectivity index (χ1n) is 11.7. The van der Waals surface area contributed by atoms with Crippen molar-refractivity contribution in [3.63, 3.8) is 0 Å². The zero-order chi connectivity index (χ0) is 25.8. The highest BCUT2D eigenvalue weighted by Gasteiger charge is 2.41. The van der Waals surface area contributed by atoms with Crippen molar-refractivity contribution in [2.45, 2.75) is 25.0 Å². The van der Waals surface area contributed by atoms with Crippen molar-refractivity contribution in [2.75, 3.05) is 23.8 Å². The molecule has 5 rings (SSSR count). The highest BCUT2D eigenvalue weighted by atomic mass is 32.1. The van der Waals surface area contributed by atoms with Gasteiger partial charge in [0.15, 0.2) is 0 Å². The number of thiophene rings is 1. The van der Waals surface area contributed by atoms with E-state index in [1.807, 2.05) is 23.9 Å². The van der Waals surface area contributed by atoms with Crippen LogP contribution < -0.4 is 15.0 Å². The molecule has 1 aliphatic rings. The van der Waals surface area contributed by atoms with Gasteiger partial charge in [-0.05, 0) is 66.4 Å². The van der Waals surface area contributed by atoms with Gasteiger partial charge in [0, 0.05) is 36.4 Å². The van der Waals surface area contributed by atoms with Gasteiger partial charge in [0.05, 0.1) is 0 Å². The van der Waals surface area contributed by atoms with Crippen molar-refractivity contribution in [3.8, 4) is 11.5 Å². The lowest BCUT2D eigenvalue weighted by Gasteiger charge is -2.26. The number of hydrogen-bond donors (Lipinski definition) is 1. The van der Waals surface area contributed by atoms with E-state index in [1.165, 1.54) is 29.5 Å². The predicted molar refractivity (Wildman–Crippen MR) is 138 cm³/mol. The Morgan fingerprint density at radius 2 is 1.86 bits per heavy atom. The summed E-state index contributed by atoms with van der Waals surface area (Å²) in [5, 5.41) is 11.0. The first kappa shape index (κ1) is 24.4. The van der Waals surface area contributed by atoms with Crippen molar-refractivity contribution < 1.29 is 18.7 Å². The fourth-order valence-corrected chi connectivity index (χ4v) is 4.98. The predicted octanol–water partition coefficient (Wildman–Crippen LogP) is 4.02. The van der Waals surface area contributed by atoms with E-state index < -0.39 is 6.04 Å². The van der Waals surface area contributed by atoms with Gasteiger partial charge < -0.3 is 19.9 Å². The van der Waals surface area contributed by atoms with E-state index >= 15 is 0 Å². The van der Waals surface area contributed by atoms with E-state index in [0.717, 1.165) is 5.69 Å². The van der Waals surface area contributed by atoms with Crippen molar-refractivity contribution in [1.29, 1.82) is 0 Å². The van der Waals surface area contributed by atoms with Crippen LogP contribution in [0.2, 0.25) is 0 Å². The van der Waals surface area contributed by atoms with Gasteiger partial charge in [0.2, 0.25) is 11.8 Å². The number of carbonyl (C=O) groups excluding carboxylic acids is 2. The van der Waals surface area contributed by atoms with E-state index in [0.29, 0.717) is 30.2 Å². The van der Waals surface area contributed by atoms with E-state index in [2.05, 4.69) is 20.3 Å². The Hall–Kier alpha value is -4.25. The van der Waals surface area contributed by atoms with Crippen LogP contribution in [0.3, 0.4) is 0 Å². The van der Waals surface area contributed by atoms with Gasteiger partial charge in [-0.25, -0.2) is 14.1 Å². The summed E-state index contributed by atoms with van der Waals surface area (Å²) in [6.45, 7) is 0.427. The standard InChI is InChI=1S/C26H25FN6O3S/c1-31(20-10-11-37-15-20)21-12-24(33(13-21)25(34)14-32-17-28-16-29-32)26(35)30-19-4-8-23(9-5-19)36-22-6-2-18(27)3-7-22/h2-11,15-17,21,24H,12-14H2,1H3,(H,30,35). The molecule has 37 heavy (non-hydrogen) atoms. The van der Waals surface area contributed by atoms with Gasteiger partial charge in [-0.2, -0.15) is 16.4 Å². The molecule has 2 amide bonds. The number of nitrogens with zero attached hydrogens (tertiary/aromatic N) is 5. The Morgan fingerprint density at radius 1 is 1.14 bits per heavy atom. The number of nitrogens with one attached hydrogen (secondary N) is 1.